The third-order valence-electron chi connectivity index (χ3n) is 8.47. The number of ether oxygens (including phenoxy) is 1. The molecule has 10 heteroatoms. The Morgan fingerprint density at radius 2 is 1.88 bits per heavy atom. The molecule has 0 spiro atoms. The van der Waals surface area contributed by atoms with Crippen molar-refractivity contribution in [2.75, 3.05) is 26.8 Å². The summed E-state index contributed by atoms with van der Waals surface area (Å²) in [7, 11) is 1.65. The van der Waals surface area contributed by atoms with Gasteiger partial charge in [0.15, 0.2) is 0 Å². The minimum Gasteiger partial charge on any atom is -0.491 e. The van der Waals surface area contributed by atoms with Crippen LogP contribution in [0.4, 0.5) is 4.79 Å². The van der Waals surface area contributed by atoms with Crippen LogP contribution in [0.25, 0.3) is 0 Å². The summed E-state index contributed by atoms with van der Waals surface area (Å²) >= 11 is 6.14. The van der Waals surface area contributed by atoms with Gasteiger partial charge in [0.2, 0.25) is 11.8 Å². The maximum absolute atomic E-state index is 14.0. The Bertz CT molecular complexity index is 1240. The largest absolute Gasteiger partial charge is 0.491 e. The molecule has 0 bridgehead atoms. The number of carbonyl (C=O) groups excluding carboxylic acids is 3. The number of amides is 4. The van der Waals surface area contributed by atoms with Crippen LogP contribution in [0.1, 0.15) is 63.0 Å². The number of nitrogens with zero attached hydrogens (tertiary/aromatic N) is 2. The lowest BCUT2D eigenvalue weighted by Crippen LogP contribution is -2.70. The van der Waals surface area contributed by atoms with Crippen molar-refractivity contribution in [2.24, 2.45) is 11.8 Å². The molecular formula is C32H43ClN4O5. The van der Waals surface area contributed by atoms with Gasteiger partial charge in [-0.05, 0) is 29.7 Å². The average molecular weight is 599 g/mol. The summed E-state index contributed by atoms with van der Waals surface area (Å²) < 4.78 is 5.88. The highest BCUT2D eigenvalue weighted by Crippen LogP contribution is 2.38. The van der Waals surface area contributed by atoms with Gasteiger partial charge >= 0.3 is 6.03 Å². The lowest BCUT2D eigenvalue weighted by atomic mass is 9.72. The molecule has 1 aliphatic heterocycles. The van der Waals surface area contributed by atoms with E-state index < -0.39 is 24.2 Å². The van der Waals surface area contributed by atoms with E-state index in [1.807, 2.05) is 36.4 Å². The van der Waals surface area contributed by atoms with Crippen LogP contribution in [0.2, 0.25) is 5.02 Å². The van der Waals surface area contributed by atoms with Crippen LogP contribution in [-0.2, 0) is 22.7 Å². The van der Waals surface area contributed by atoms with Gasteiger partial charge in [0, 0.05) is 49.5 Å². The summed E-state index contributed by atoms with van der Waals surface area (Å²) in [6.07, 6.45) is 5.01. The average Bonchev–Trinajstić information content (AvgIpc) is 3.22. The van der Waals surface area contributed by atoms with Crippen molar-refractivity contribution in [3.05, 3.63) is 64.7 Å². The molecule has 9 nitrogen and oxygen atoms in total. The fraction of sp³-hybridized carbons (Fsp3) is 0.531. The van der Waals surface area contributed by atoms with Crippen molar-refractivity contribution in [2.45, 2.75) is 70.6 Å². The van der Waals surface area contributed by atoms with Crippen molar-refractivity contribution in [3.8, 4) is 5.75 Å². The van der Waals surface area contributed by atoms with Gasteiger partial charge in [0.1, 0.15) is 18.0 Å². The van der Waals surface area contributed by atoms with Crippen LogP contribution in [0.5, 0.6) is 5.75 Å². The highest BCUT2D eigenvalue weighted by molar-refractivity contribution is 6.30. The van der Waals surface area contributed by atoms with E-state index in [4.69, 9.17) is 16.3 Å². The molecule has 42 heavy (non-hydrogen) atoms. The van der Waals surface area contributed by atoms with Gasteiger partial charge in [0.25, 0.3) is 0 Å². The zero-order valence-electron chi connectivity index (χ0n) is 24.6. The van der Waals surface area contributed by atoms with E-state index in [0.29, 0.717) is 24.7 Å². The number of benzene rings is 2. The van der Waals surface area contributed by atoms with E-state index in [1.165, 1.54) is 4.90 Å². The fourth-order valence-corrected chi connectivity index (χ4v) is 6.37. The topological polar surface area (TPSA) is 111 Å². The molecule has 0 saturated heterocycles. The van der Waals surface area contributed by atoms with Gasteiger partial charge in [-0.25, -0.2) is 4.79 Å². The molecular weight excluding hydrogens is 556 g/mol. The Morgan fingerprint density at radius 3 is 2.60 bits per heavy atom. The Hall–Kier alpha value is -3.30. The summed E-state index contributed by atoms with van der Waals surface area (Å²) in [6.45, 7) is 2.66. The standard InChI is InChI=1S/C32H43ClN4O5/c1-3-29(39)34-32(22-38,35-31(41)36(2)20-23-10-9-14-26(33)18-23)27(24-11-5-4-6-12-24)19-30(40)37-16-17-42-28-15-8-7-13-25(28)21-37/h7-10,13-15,18,24,27,38H,3-6,11-12,16-17,19-22H2,1-2H3,(H,34,39)(H,35,41)/t27-,32+/m0/s1. The summed E-state index contributed by atoms with van der Waals surface area (Å²) in [5, 5.41) is 17.5. The van der Waals surface area contributed by atoms with E-state index >= 15 is 0 Å². The third kappa shape index (κ3) is 7.95. The Balaban J connectivity index is 1.62. The molecule has 228 valence electrons. The first-order valence-electron chi connectivity index (χ1n) is 14.9. The van der Waals surface area contributed by atoms with Gasteiger partial charge in [-0.15, -0.1) is 0 Å². The number of carbonyl (C=O) groups is 3. The molecule has 0 aromatic heterocycles. The smallest absolute Gasteiger partial charge is 0.319 e. The lowest BCUT2D eigenvalue weighted by Gasteiger charge is -2.46. The molecule has 2 atom stereocenters. The molecule has 1 saturated carbocycles. The highest BCUT2D eigenvalue weighted by atomic mass is 35.5. The normalized spacial score (nSPS) is 17.6. The maximum Gasteiger partial charge on any atom is 0.319 e. The summed E-state index contributed by atoms with van der Waals surface area (Å²) in [6, 6.07) is 14.5. The summed E-state index contributed by atoms with van der Waals surface area (Å²) in [5.74, 6) is -0.135. The van der Waals surface area contributed by atoms with E-state index in [1.54, 1.807) is 31.0 Å². The number of para-hydroxylation sites is 1. The molecule has 0 unspecified atom stereocenters. The zero-order valence-corrected chi connectivity index (χ0v) is 25.4. The van der Waals surface area contributed by atoms with Gasteiger partial charge in [-0.3, -0.25) is 9.59 Å². The van der Waals surface area contributed by atoms with E-state index in [0.717, 1.165) is 49.0 Å². The molecule has 0 radical (unpaired) electrons. The van der Waals surface area contributed by atoms with Gasteiger partial charge in [0.05, 0.1) is 13.2 Å². The zero-order chi connectivity index (χ0) is 30.1. The number of halogens is 1. The maximum atomic E-state index is 14.0. The number of rotatable bonds is 10. The van der Waals surface area contributed by atoms with Crippen LogP contribution in [-0.4, -0.2) is 65.2 Å². The van der Waals surface area contributed by atoms with Gasteiger partial charge in [-0.2, -0.15) is 0 Å². The van der Waals surface area contributed by atoms with Crippen LogP contribution in [0.15, 0.2) is 48.5 Å². The van der Waals surface area contributed by atoms with Crippen LogP contribution in [0, 0.1) is 11.8 Å². The number of urea groups is 1. The number of aliphatic hydroxyl groups is 1. The second kappa shape index (κ2) is 14.7. The Morgan fingerprint density at radius 1 is 1.12 bits per heavy atom. The highest BCUT2D eigenvalue weighted by Gasteiger charge is 2.47. The predicted molar refractivity (Wildman–Crippen MR) is 162 cm³/mol. The van der Waals surface area contributed by atoms with Crippen LogP contribution in [0.3, 0.4) is 0 Å². The molecule has 4 amide bonds. The quantitative estimate of drug-likeness (QED) is 0.343. The predicted octanol–water partition coefficient (Wildman–Crippen LogP) is 4.70. The Kier molecular flexibility index (Phi) is 11.1. The molecule has 1 aliphatic carbocycles. The molecule has 2 aromatic carbocycles. The molecule has 1 fully saturated rings. The van der Waals surface area contributed by atoms with Gasteiger partial charge in [-0.1, -0.05) is 81.0 Å². The number of hydrogen-bond acceptors (Lipinski definition) is 5. The number of hydrogen-bond donors (Lipinski definition) is 3. The number of aliphatic hydroxyl groups excluding tert-OH is 1. The van der Waals surface area contributed by atoms with Crippen molar-refractivity contribution >= 4 is 29.4 Å². The first-order valence-corrected chi connectivity index (χ1v) is 15.3. The molecule has 3 N–H and O–H groups in total. The van der Waals surface area contributed by atoms with Crippen LogP contribution >= 0.6 is 11.6 Å². The molecule has 4 rings (SSSR count). The number of fused-ring (bicyclic) bond motifs is 1. The third-order valence-corrected chi connectivity index (χ3v) is 8.71. The monoisotopic (exact) mass is 598 g/mol. The van der Waals surface area contributed by atoms with E-state index in [2.05, 4.69) is 10.6 Å². The van der Waals surface area contributed by atoms with Crippen molar-refractivity contribution < 1.29 is 24.2 Å². The minimum absolute atomic E-state index is 0.0288. The van der Waals surface area contributed by atoms with Crippen molar-refractivity contribution in [3.63, 3.8) is 0 Å². The fourth-order valence-electron chi connectivity index (χ4n) is 6.15. The molecule has 2 aromatic rings. The summed E-state index contributed by atoms with van der Waals surface area (Å²) in [4.78, 5) is 43.8. The first-order chi connectivity index (χ1) is 20.2. The van der Waals surface area contributed by atoms with Crippen LogP contribution < -0.4 is 15.4 Å². The second-order valence-corrected chi connectivity index (χ2v) is 11.9. The van der Waals surface area contributed by atoms with E-state index in [-0.39, 0.29) is 37.1 Å². The van der Waals surface area contributed by atoms with Crippen molar-refractivity contribution in [1.29, 1.82) is 0 Å². The summed E-state index contributed by atoms with van der Waals surface area (Å²) in [5.41, 5.74) is 0.251. The Labute approximate surface area is 253 Å². The van der Waals surface area contributed by atoms with Crippen molar-refractivity contribution in [1.82, 2.24) is 20.4 Å². The molecule has 1 heterocycles. The number of nitrogens with one attached hydrogen (secondary N) is 2. The SMILES string of the molecule is CCC(=O)N[C@](CO)(NC(=O)N(C)Cc1cccc(Cl)c1)[C@@H](CC(=O)N1CCOc2ccccc2C1)C1CCCCC1. The lowest BCUT2D eigenvalue weighted by molar-refractivity contribution is -0.137. The molecule has 2 aliphatic rings. The van der Waals surface area contributed by atoms with E-state index in [9.17, 15) is 19.5 Å². The first kappa shape index (κ1) is 31.6. The second-order valence-electron chi connectivity index (χ2n) is 11.4. The van der Waals surface area contributed by atoms with Gasteiger partial charge < -0.3 is 30.3 Å². The minimum atomic E-state index is -1.52.